The molecule has 0 spiro atoms. The topological polar surface area (TPSA) is 48.4 Å². The molecule has 3 aromatic rings. The smallest absolute Gasteiger partial charge is 0.141 e. The molecule has 0 aliphatic heterocycles. The molecule has 0 radical (unpaired) electrons. The molecule has 0 unspecified atom stereocenters. The van der Waals surface area contributed by atoms with Crippen LogP contribution in [0, 0.1) is 0 Å². The largest absolute Gasteiger partial charge is 0.495 e. The number of rotatable bonds is 2. The molecule has 0 bridgehead atoms. The number of furan rings is 1. The predicted molar refractivity (Wildman–Crippen MR) is 72.6 cm³/mol. The zero-order valence-electron chi connectivity index (χ0n) is 10.0. The molecular formula is C15H13NO2. The fourth-order valence-corrected chi connectivity index (χ4v) is 2.01. The highest BCUT2D eigenvalue weighted by atomic mass is 16.5. The van der Waals surface area contributed by atoms with E-state index in [1.54, 1.807) is 7.11 Å². The summed E-state index contributed by atoms with van der Waals surface area (Å²) in [5.41, 5.74) is 8.33. The minimum Gasteiger partial charge on any atom is -0.495 e. The molecule has 0 aliphatic carbocycles. The lowest BCUT2D eigenvalue weighted by atomic mass is 10.1. The number of hydrogen-bond acceptors (Lipinski definition) is 3. The summed E-state index contributed by atoms with van der Waals surface area (Å²) < 4.78 is 10.9. The highest BCUT2D eigenvalue weighted by Gasteiger charge is 2.07. The van der Waals surface area contributed by atoms with Crippen molar-refractivity contribution in [2.75, 3.05) is 12.8 Å². The van der Waals surface area contributed by atoms with Crippen LogP contribution >= 0.6 is 0 Å². The number of methoxy groups -OCH3 is 1. The van der Waals surface area contributed by atoms with Gasteiger partial charge in [0, 0.05) is 10.9 Å². The minimum atomic E-state index is 0.607. The summed E-state index contributed by atoms with van der Waals surface area (Å²) in [6.45, 7) is 0. The Morgan fingerprint density at radius 3 is 2.61 bits per heavy atom. The summed E-state index contributed by atoms with van der Waals surface area (Å²) >= 11 is 0. The van der Waals surface area contributed by atoms with Crippen molar-refractivity contribution in [2.45, 2.75) is 0 Å². The average Bonchev–Trinajstić information content (AvgIpc) is 2.82. The van der Waals surface area contributed by atoms with Gasteiger partial charge in [0.2, 0.25) is 0 Å². The maximum atomic E-state index is 5.90. The standard InChI is InChI=1S/C15H13NO2/c1-17-14-7-6-11(8-12(14)16)15-9-10-4-2-3-5-13(10)18-15/h2-9H,16H2,1H3. The number of hydrogen-bond donors (Lipinski definition) is 1. The van der Waals surface area contributed by atoms with Crippen LogP contribution in [-0.4, -0.2) is 7.11 Å². The molecule has 3 nitrogen and oxygen atoms in total. The van der Waals surface area contributed by atoms with Crippen LogP contribution in [0.15, 0.2) is 52.9 Å². The van der Waals surface area contributed by atoms with E-state index in [1.165, 1.54) is 0 Å². The first-order chi connectivity index (χ1) is 8.78. The van der Waals surface area contributed by atoms with Crippen molar-refractivity contribution in [1.82, 2.24) is 0 Å². The summed E-state index contributed by atoms with van der Waals surface area (Å²) in [5, 5.41) is 1.09. The lowest BCUT2D eigenvalue weighted by Crippen LogP contribution is -1.92. The third kappa shape index (κ3) is 1.70. The zero-order valence-corrected chi connectivity index (χ0v) is 10.0. The lowest BCUT2D eigenvalue weighted by molar-refractivity contribution is 0.417. The number of nitrogens with two attached hydrogens (primary N) is 1. The van der Waals surface area contributed by atoms with Gasteiger partial charge >= 0.3 is 0 Å². The van der Waals surface area contributed by atoms with Crippen LogP contribution in [0.5, 0.6) is 5.75 Å². The lowest BCUT2D eigenvalue weighted by Gasteiger charge is -2.05. The highest BCUT2D eigenvalue weighted by molar-refractivity contribution is 5.83. The van der Waals surface area contributed by atoms with E-state index in [0.717, 1.165) is 22.3 Å². The van der Waals surface area contributed by atoms with Gasteiger partial charge in [0.15, 0.2) is 0 Å². The van der Waals surface area contributed by atoms with Gasteiger partial charge in [-0.05, 0) is 30.3 Å². The summed E-state index contributed by atoms with van der Waals surface area (Å²) in [6, 6.07) is 15.6. The number of fused-ring (bicyclic) bond motifs is 1. The normalized spacial score (nSPS) is 10.7. The van der Waals surface area contributed by atoms with E-state index in [4.69, 9.17) is 14.9 Å². The fraction of sp³-hybridized carbons (Fsp3) is 0.0667. The van der Waals surface area contributed by atoms with Crippen LogP contribution in [0.2, 0.25) is 0 Å². The summed E-state index contributed by atoms with van der Waals surface area (Å²) in [5.74, 6) is 1.49. The Hall–Kier alpha value is -2.42. The Balaban J connectivity index is 2.11. The second-order valence-corrected chi connectivity index (χ2v) is 4.11. The molecule has 0 atom stereocenters. The van der Waals surface area contributed by atoms with Crippen molar-refractivity contribution in [3.05, 3.63) is 48.5 Å². The Morgan fingerprint density at radius 1 is 1.06 bits per heavy atom. The van der Waals surface area contributed by atoms with Gasteiger partial charge in [0.25, 0.3) is 0 Å². The highest BCUT2D eigenvalue weighted by Crippen LogP contribution is 2.31. The second-order valence-electron chi connectivity index (χ2n) is 4.11. The van der Waals surface area contributed by atoms with E-state index in [1.807, 2.05) is 48.5 Å². The van der Waals surface area contributed by atoms with Crippen molar-refractivity contribution in [3.8, 4) is 17.1 Å². The molecule has 0 fully saturated rings. The molecule has 90 valence electrons. The number of ether oxygens (including phenoxy) is 1. The number of nitrogen functional groups attached to an aromatic ring is 1. The third-order valence-corrected chi connectivity index (χ3v) is 2.94. The van der Waals surface area contributed by atoms with Crippen LogP contribution in [0.25, 0.3) is 22.3 Å². The monoisotopic (exact) mass is 239 g/mol. The molecule has 3 rings (SSSR count). The van der Waals surface area contributed by atoms with E-state index < -0.39 is 0 Å². The Morgan fingerprint density at radius 2 is 1.89 bits per heavy atom. The van der Waals surface area contributed by atoms with Crippen LogP contribution in [0.4, 0.5) is 5.69 Å². The Kier molecular flexibility index (Phi) is 2.45. The summed E-state index contributed by atoms with van der Waals surface area (Å²) in [6.07, 6.45) is 0. The molecule has 0 aliphatic rings. The molecule has 0 amide bonds. The van der Waals surface area contributed by atoms with E-state index >= 15 is 0 Å². The number of benzene rings is 2. The maximum absolute atomic E-state index is 5.90. The van der Waals surface area contributed by atoms with Gasteiger partial charge in [-0.1, -0.05) is 18.2 Å². The first-order valence-corrected chi connectivity index (χ1v) is 5.70. The number of anilines is 1. The zero-order chi connectivity index (χ0) is 12.5. The van der Waals surface area contributed by atoms with Crippen molar-refractivity contribution in [1.29, 1.82) is 0 Å². The van der Waals surface area contributed by atoms with Gasteiger partial charge in [-0.25, -0.2) is 0 Å². The van der Waals surface area contributed by atoms with E-state index in [2.05, 4.69) is 0 Å². The van der Waals surface area contributed by atoms with Crippen molar-refractivity contribution >= 4 is 16.7 Å². The van der Waals surface area contributed by atoms with Crippen molar-refractivity contribution < 1.29 is 9.15 Å². The van der Waals surface area contributed by atoms with Gasteiger partial charge < -0.3 is 14.9 Å². The van der Waals surface area contributed by atoms with Gasteiger partial charge in [-0.2, -0.15) is 0 Å². The van der Waals surface area contributed by atoms with Gasteiger partial charge in [-0.15, -0.1) is 0 Å². The summed E-state index contributed by atoms with van der Waals surface area (Å²) in [7, 11) is 1.60. The Bertz CT molecular complexity index is 668. The SMILES string of the molecule is COc1ccc(-c2cc3ccccc3o2)cc1N. The third-order valence-electron chi connectivity index (χ3n) is 2.94. The number of para-hydroxylation sites is 1. The average molecular weight is 239 g/mol. The molecule has 1 aromatic heterocycles. The molecule has 2 aromatic carbocycles. The van der Waals surface area contributed by atoms with E-state index in [-0.39, 0.29) is 0 Å². The van der Waals surface area contributed by atoms with Crippen molar-refractivity contribution in [3.63, 3.8) is 0 Å². The van der Waals surface area contributed by atoms with Gasteiger partial charge in [0.05, 0.1) is 12.8 Å². The molecule has 3 heteroatoms. The summed E-state index contributed by atoms with van der Waals surface area (Å²) in [4.78, 5) is 0. The van der Waals surface area contributed by atoms with E-state index in [9.17, 15) is 0 Å². The molecule has 2 N–H and O–H groups in total. The minimum absolute atomic E-state index is 0.607. The first-order valence-electron chi connectivity index (χ1n) is 5.70. The van der Waals surface area contributed by atoms with Crippen molar-refractivity contribution in [2.24, 2.45) is 0 Å². The Labute approximate surface area is 105 Å². The van der Waals surface area contributed by atoms with Crippen LogP contribution < -0.4 is 10.5 Å². The van der Waals surface area contributed by atoms with Crippen LogP contribution in [0.1, 0.15) is 0 Å². The molecular weight excluding hydrogens is 226 g/mol. The molecule has 0 saturated carbocycles. The predicted octanol–water partition coefficient (Wildman–Crippen LogP) is 3.69. The van der Waals surface area contributed by atoms with Crippen LogP contribution in [-0.2, 0) is 0 Å². The maximum Gasteiger partial charge on any atom is 0.141 e. The van der Waals surface area contributed by atoms with E-state index in [0.29, 0.717) is 11.4 Å². The fourth-order valence-electron chi connectivity index (χ4n) is 2.01. The molecule has 0 saturated heterocycles. The quantitative estimate of drug-likeness (QED) is 0.694. The van der Waals surface area contributed by atoms with Gasteiger partial charge in [-0.3, -0.25) is 0 Å². The van der Waals surface area contributed by atoms with Crippen LogP contribution in [0.3, 0.4) is 0 Å². The second kappa shape index (κ2) is 4.11. The molecule has 18 heavy (non-hydrogen) atoms. The van der Waals surface area contributed by atoms with Gasteiger partial charge in [0.1, 0.15) is 17.1 Å². The molecule has 1 heterocycles. The first kappa shape index (κ1) is 10.7.